The first-order chi connectivity index (χ1) is 7.04. The molecule has 83 valence electrons. The molecule has 0 aliphatic carbocycles. The van der Waals surface area contributed by atoms with Gasteiger partial charge in [0.25, 0.3) is 0 Å². The Morgan fingerprint density at radius 1 is 1.07 bits per heavy atom. The number of rotatable bonds is 4. The molecule has 0 spiro atoms. The van der Waals surface area contributed by atoms with Gasteiger partial charge in [0, 0.05) is 0 Å². The van der Waals surface area contributed by atoms with Gasteiger partial charge in [0.05, 0.1) is 13.7 Å². The van der Waals surface area contributed by atoms with Gasteiger partial charge in [0.15, 0.2) is 0 Å². The summed E-state index contributed by atoms with van der Waals surface area (Å²) in [5.74, 6) is 0.875. The quantitative estimate of drug-likeness (QED) is 0.706. The number of hydrogen-bond donors (Lipinski definition) is 0. The van der Waals surface area contributed by atoms with Crippen LogP contribution in [0.5, 0.6) is 5.75 Å². The highest BCUT2D eigenvalue weighted by Gasteiger charge is 2.12. The normalized spacial score (nSPS) is 11.5. The van der Waals surface area contributed by atoms with Crippen LogP contribution in [0.15, 0.2) is 24.3 Å². The molecule has 0 fully saturated rings. The molecule has 0 aliphatic rings. The first-order valence-electron chi connectivity index (χ1n) is 5.14. The van der Waals surface area contributed by atoms with E-state index in [1.807, 2.05) is 12.1 Å². The minimum absolute atomic E-state index is 0.189. The van der Waals surface area contributed by atoms with Crippen LogP contribution in [-0.4, -0.2) is 13.2 Å². The Balaban J connectivity index is 2.57. The van der Waals surface area contributed by atoms with Crippen molar-refractivity contribution in [3.05, 3.63) is 36.9 Å². The summed E-state index contributed by atoms with van der Waals surface area (Å²) >= 11 is 0. The van der Waals surface area contributed by atoms with E-state index < -0.39 is 0 Å². The molecule has 1 aromatic rings. The van der Waals surface area contributed by atoms with Crippen molar-refractivity contribution < 1.29 is 9.47 Å². The largest absolute Gasteiger partial charge is 0.491 e. The monoisotopic (exact) mass is 207 g/mol. The predicted molar refractivity (Wildman–Crippen MR) is 61.9 cm³/mol. The van der Waals surface area contributed by atoms with E-state index >= 15 is 0 Å². The van der Waals surface area contributed by atoms with Gasteiger partial charge in [-0.3, -0.25) is 0 Å². The van der Waals surface area contributed by atoms with E-state index in [2.05, 4.69) is 44.8 Å². The fraction of sp³-hybridized carbons (Fsp3) is 0.462. The van der Waals surface area contributed by atoms with Crippen molar-refractivity contribution in [1.82, 2.24) is 0 Å². The summed E-state index contributed by atoms with van der Waals surface area (Å²) < 4.78 is 10.1. The molecule has 0 saturated heterocycles. The Labute approximate surface area is 92.2 Å². The van der Waals surface area contributed by atoms with Crippen LogP contribution < -0.4 is 4.74 Å². The zero-order chi connectivity index (χ0) is 11.3. The predicted octanol–water partition coefficient (Wildman–Crippen LogP) is 3.17. The minimum Gasteiger partial charge on any atom is -0.491 e. The van der Waals surface area contributed by atoms with E-state index in [-0.39, 0.29) is 5.41 Å². The second-order valence-electron chi connectivity index (χ2n) is 4.53. The smallest absolute Gasteiger partial charge is 0.119 e. The third-order valence-corrected chi connectivity index (χ3v) is 2.22. The molecule has 2 nitrogen and oxygen atoms in total. The van der Waals surface area contributed by atoms with E-state index in [9.17, 15) is 0 Å². The second kappa shape index (κ2) is 5.17. The summed E-state index contributed by atoms with van der Waals surface area (Å²) in [6.45, 7) is 7.64. The highest BCUT2D eigenvalue weighted by Crippen LogP contribution is 2.24. The average molecular weight is 207 g/mol. The van der Waals surface area contributed by atoms with Crippen molar-refractivity contribution in [2.45, 2.75) is 26.2 Å². The summed E-state index contributed by atoms with van der Waals surface area (Å²) in [6, 6.07) is 8.17. The average Bonchev–Trinajstić information content (AvgIpc) is 2.18. The molecule has 1 radical (unpaired) electrons. The molecule has 1 rings (SSSR count). The first-order valence-corrected chi connectivity index (χ1v) is 5.14. The van der Waals surface area contributed by atoms with Crippen molar-refractivity contribution in [2.24, 2.45) is 0 Å². The second-order valence-corrected chi connectivity index (χ2v) is 4.53. The fourth-order valence-electron chi connectivity index (χ4n) is 1.27. The maximum absolute atomic E-state index is 5.45. The van der Waals surface area contributed by atoms with Crippen LogP contribution in [0, 0.1) is 7.11 Å². The molecule has 0 aliphatic heterocycles. The van der Waals surface area contributed by atoms with Crippen molar-refractivity contribution in [3.8, 4) is 5.75 Å². The molecule has 0 unspecified atom stereocenters. The van der Waals surface area contributed by atoms with Crippen LogP contribution in [0.3, 0.4) is 0 Å². The lowest BCUT2D eigenvalue weighted by molar-refractivity contribution is 0.174. The van der Waals surface area contributed by atoms with Gasteiger partial charge in [-0.25, -0.2) is 0 Å². The van der Waals surface area contributed by atoms with Crippen LogP contribution in [0.1, 0.15) is 26.3 Å². The molecule has 0 heterocycles. The lowest BCUT2D eigenvalue weighted by Crippen LogP contribution is -2.10. The molecule has 0 amide bonds. The summed E-state index contributed by atoms with van der Waals surface area (Å²) in [6.07, 6.45) is 0. The fourth-order valence-corrected chi connectivity index (χ4v) is 1.27. The highest BCUT2D eigenvalue weighted by atomic mass is 16.5. The number of ether oxygens (including phenoxy) is 2. The van der Waals surface area contributed by atoms with Crippen LogP contribution in [0.25, 0.3) is 0 Å². The molecule has 0 atom stereocenters. The lowest BCUT2D eigenvalue weighted by atomic mass is 9.87. The Kier molecular flexibility index (Phi) is 4.15. The molecule has 0 N–H and O–H groups in total. The Hall–Kier alpha value is -1.02. The van der Waals surface area contributed by atoms with Gasteiger partial charge in [-0.1, -0.05) is 32.9 Å². The van der Waals surface area contributed by atoms with Gasteiger partial charge in [-0.05, 0) is 23.1 Å². The van der Waals surface area contributed by atoms with Crippen molar-refractivity contribution in [2.75, 3.05) is 13.2 Å². The SMILES string of the molecule is [CH2]OCCOc1ccc(C(C)(C)C)cc1. The highest BCUT2D eigenvalue weighted by molar-refractivity contribution is 5.31. The zero-order valence-corrected chi connectivity index (χ0v) is 9.75. The van der Waals surface area contributed by atoms with Gasteiger partial charge in [0.1, 0.15) is 12.4 Å². The molecule has 0 bridgehead atoms. The van der Waals surface area contributed by atoms with Crippen molar-refractivity contribution >= 4 is 0 Å². The summed E-state index contributed by atoms with van der Waals surface area (Å²) in [5, 5.41) is 0. The molecule has 0 aromatic heterocycles. The minimum atomic E-state index is 0.189. The maximum Gasteiger partial charge on any atom is 0.119 e. The van der Waals surface area contributed by atoms with E-state index in [1.165, 1.54) is 5.56 Å². The van der Waals surface area contributed by atoms with Gasteiger partial charge in [-0.2, -0.15) is 0 Å². The topological polar surface area (TPSA) is 18.5 Å². The van der Waals surface area contributed by atoms with Crippen molar-refractivity contribution in [3.63, 3.8) is 0 Å². The number of hydrogen-bond acceptors (Lipinski definition) is 2. The molecular formula is C13H19O2. The molecule has 2 heteroatoms. The van der Waals surface area contributed by atoms with E-state index in [4.69, 9.17) is 4.74 Å². The summed E-state index contributed by atoms with van der Waals surface area (Å²) in [7, 11) is 3.28. The van der Waals surface area contributed by atoms with E-state index in [1.54, 1.807) is 0 Å². The Bertz CT molecular complexity index is 282. The maximum atomic E-state index is 5.45. The molecule has 0 saturated carbocycles. The summed E-state index contributed by atoms with van der Waals surface area (Å²) in [5.41, 5.74) is 1.50. The Morgan fingerprint density at radius 2 is 1.67 bits per heavy atom. The Morgan fingerprint density at radius 3 is 2.13 bits per heavy atom. The third-order valence-electron chi connectivity index (χ3n) is 2.22. The van der Waals surface area contributed by atoms with Crippen molar-refractivity contribution in [1.29, 1.82) is 0 Å². The van der Waals surface area contributed by atoms with E-state index in [0.29, 0.717) is 13.2 Å². The first kappa shape index (κ1) is 12.1. The van der Waals surface area contributed by atoms with Gasteiger partial charge >= 0.3 is 0 Å². The lowest BCUT2D eigenvalue weighted by Gasteiger charge is -2.19. The number of benzene rings is 1. The van der Waals surface area contributed by atoms with Gasteiger partial charge in [0.2, 0.25) is 0 Å². The van der Waals surface area contributed by atoms with Crippen LogP contribution in [-0.2, 0) is 10.2 Å². The third kappa shape index (κ3) is 3.92. The van der Waals surface area contributed by atoms with Crippen LogP contribution >= 0.6 is 0 Å². The van der Waals surface area contributed by atoms with Crippen LogP contribution in [0.2, 0.25) is 0 Å². The van der Waals surface area contributed by atoms with Gasteiger partial charge < -0.3 is 9.47 Å². The zero-order valence-electron chi connectivity index (χ0n) is 9.75. The molecule has 15 heavy (non-hydrogen) atoms. The van der Waals surface area contributed by atoms with E-state index in [0.717, 1.165) is 5.75 Å². The molecule has 1 aromatic carbocycles. The molecular weight excluding hydrogens is 188 g/mol. The standard InChI is InChI=1S/C13H19O2/c1-13(2,3)11-5-7-12(8-6-11)15-10-9-14-4/h5-8H,4,9-10H2,1-3H3. The summed E-state index contributed by atoms with van der Waals surface area (Å²) in [4.78, 5) is 0. The van der Waals surface area contributed by atoms with Crippen LogP contribution in [0.4, 0.5) is 0 Å². The van der Waals surface area contributed by atoms with Gasteiger partial charge in [-0.15, -0.1) is 0 Å².